The van der Waals surface area contributed by atoms with Crippen LogP contribution in [0.3, 0.4) is 0 Å². The Hall–Kier alpha value is -3.76. The molecule has 1 aliphatic rings. The van der Waals surface area contributed by atoms with E-state index in [2.05, 4.69) is 19.9 Å². The number of imidazole rings is 1. The van der Waals surface area contributed by atoms with Crippen molar-refractivity contribution in [1.29, 1.82) is 0 Å². The average molecular weight is 509 g/mol. The van der Waals surface area contributed by atoms with Crippen LogP contribution in [0.25, 0.3) is 21.9 Å². The zero-order valence-corrected chi connectivity index (χ0v) is 20.8. The Labute approximate surface area is 213 Å². The molecule has 5 rings (SSSR count). The summed E-state index contributed by atoms with van der Waals surface area (Å²) < 4.78 is 17.1. The molecule has 1 unspecified atom stereocenters. The summed E-state index contributed by atoms with van der Waals surface area (Å²) in [5.41, 5.74) is 2.87. The maximum absolute atomic E-state index is 11.6. The van der Waals surface area contributed by atoms with Crippen LogP contribution >= 0.6 is 0 Å². The van der Waals surface area contributed by atoms with Crippen molar-refractivity contribution in [2.45, 2.75) is 32.5 Å². The fraction of sp³-hybridized carbons (Fsp3) is 0.407. The third kappa shape index (κ3) is 6.15. The van der Waals surface area contributed by atoms with Crippen LogP contribution in [0.15, 0.2) is 47.3 Å². The second kappa shape index (κ2) is 11.1. The van der Waals surface area contributed by atoms with Crippen molar-refractivity contribution in [2.24, 2.45) is 5.92 Å². The van der Waals surface area contributed by atoms with Crippen molar-refractivity contribution in [2.75, 3.05) is 32.8 Å². The van der Waals surface area contributed by atoms with E-state index >= 15 is 0 Å². The SMILES string of the molecule is CC(=O)OCc1cc2c(OCC(O)CN3CCC(COc4cccc5[nH]c(=O)[nH]c45)CC3)cccc2[nH]1. The molecule has 4 aromatic rings. The van der Waals surface area contributed by atoms with Crippen LogP contribution < -0.4 is 15.2 Å². The Morgan fingerprint density at radius 1 is 1.05 bits per heavy atom. The molecule has 10 nitrogen and oxygen atoms in total. The van der Waals surface area contributed by atoms with E-state index < -0.39 is 6.10 Å². The predicted molar refractivity (Wildman–Crippen MR) is 139 cm³/mol. The first-order valence-corrected chi connectivity index (χ1v) is 12.6. The van der Waals surface area contributed by atoms with E-state index in [1.54, 1.807) is 0 Å². The molecule has 3 heterocycles. The van der Waals surface area contributed by atoms with Crippen LogP contribution in [-0.4, -0.2) is 69.9 Å². The van der Waals surface area contributed by atoms with E-state index in [1.807, 2.05) is 42.5 Å². The number of β-amino-alcohol motifs (C(OH)–C–C–N with tert-alkyl or cyclic N) is 1. The number of nitrogens with zero attached hydrogens (tertiary/aromatic N) is 1. The molecule has 1 aliphatic heterocycles. The number of H-pyrrole nitrogens is 3. The van der Waals surface area contributed by atoms with E-state index in [4.69, 9.17) is 14.2 Å². The second-order valence-electron chi connectivity index (χ2n) is 9.57. The number of hydrogen-bond acceptors (Lipinski definition) is 7. The first-order valence-electron chi connectivity index (χ1n) is 12.6. The number of carbonyl (C=O) groups is 1. The van der Waals surface area contributed by atoms with Gasteiger partial charge >= 0.3 is 11.7 Å². The van der Waals surface area contributed by atoms with Crippen molar-refractivity contribution in [3.8, 4) is 11.5 Å². The van der Waals surface area contributed by atoms with Crippen molar-refractivity contribution >= 4 is 27.9 Å². The number of esters is 1. The predicted octanol–water partition coefficient (Wildman–Crippen LogP) is 2.93. The number of aromatic amines is 3. The van der Waals surface area contributed by atoms with Gasteiger partial charge in [-0.25, -0.2) is 4.79 Å². The quantitative estimate of drug-likeness (QED) is 0.242. The smallest absolute Gasteiger partial charge is 0.323 e. The molecule has 2 aromatic heterocycles. The minimum Gasteiger partial charge on any atom is -0.491 e. The van der Waals surface area contributed by atoms with Crippen molar-refractivity contribution in [3.63, 3.8) is 0 Å². The van der Waals surface area contributed by atoms with Gasteiger partial charge in [-0.1, -0.05) is 12.1 Å². The molecule has 0 aliphatic carbocycles. The van der Waals surface area contributed by atoms with Gasteiger partial charge < -0.3 is 39.2 Å². The number of para-hydroxylation sites is 1. The minimum absolute atomic E-state index is 0.175. The summed E-state index contributed by atoms with van der Waals surface area (Å²) in [7, 11) is 0. The molecule has 1 atom stereocenters. The molecule has 0 amide bonds. The number of nitrogens with one attached hydrogen (secondary N) is 3. The Balaban J connectivity index is 1.07. The van der Waals surface area contributed by atoms with E-state index in [0.717, 1.165) is 48.0 Å². The van der Waals surface area contributed by atoms with Crippen LogP contribution in [0, 0.1) is 5.92 Å². The van der Waals surface area contributed by atoms with Gasteiger partial charge in [0.1, 0.15) is 36.3 Å². The van der Waals surface area contributed by atoms with Gasteiger partial charge in [0.25, 0.3) is 0 Å². The molecule has 0 bridgehead atoms. The number of aliphatic hydroxyl groups is 1. The van der Waals surface area contributed by atoms with Crippen LogP contribution in [0.2, 0.25) is 0 Å². The van der Waals surface area contributed by atoms with E-state index in [0.29, 0.717) is 36.1 Å². The summed E-state index contributed by atoms with van der Waals surface area (Å²) in [5.74, 6) is 1.44. The topological polar surface area (TPSA) is 133 Å². The normalized spacial score (nSPS) is 15.7. The van der Waals surface area contributed by atoms with Gasteiger partial charge in [0, 0.05) is 24.4 Å². The molecule has 37 heavy (non-hydrogen) atoms. The van der Waals surface area contributed by atoms with Gasteiger partial charge in [-0.3, -0.25) is 4.79 Å². The summed E-state index contributed by atoms with van der Waals surface area (Å²) in [5, 5.41) is 11.5. The number of ether oxygens (including phenoxy) is 3. The van der Waals surface area contributed by atoms with E-state index in [-0.39, 0.29) is 24.9 Å². The van der Waals surface area contributed by atoms with Crippen LogP contribution in [0.4, 0.5) is 0 Å². The third-order valence-electron chi connectivity index (χ3n) is 6.71. The van der Waals surface area contributed by atoms with Crippen molar-refractivity contribution in [1.82, 2.24) is 19.9 Å². The number of fused-ring (bicyclic) bond motifs is 2. The maximum atomic E-state index is 11.6. The number of benzene rings is 2. The molecule has 10 heteroatoms. The maximum Gasteiger partial charge on any atom is 0.323 e. The van der Waals surface area contributed by atoms with Crippen molar-refractivity contribution in [3.05, 3.63) is 58.6 Å². The Morgan fingerprint density at radius 2 is 1.81 bits per heavy atom. The third-order valence-corrected chi connectivity index (χ3v) is 6.71. The van der Waals surface area contributed by atoms with Crippen LogP contribution in [0.5, 0.6) is 11.5 Å². The largest absolute Gasteiger partial charge is 0.491 e. The average Bonchev–Trinajstić information content (AvgIpc) is 3.48. The zero-order chi connectivity index (χ0) is 25.8. The highest BCUT2D eigenvalue weighted by atomic mass is 16.5. The highest BCUT2D eigenvalue weighted by Crippen LogP contribution is 2.27. The summed E-state index contributed by atoms with van der Waals surface area (Å²) in [6, 6.07) is 13.2. The summed E-state index contributed by atoms with van der Waals surface area (Å²) in [6.45, 7) is 4.63. The standard InChI is InChI=1S/C27H32N4O6/c1-17(32)35-15-19-12-21-22(28-19)4-2-6-24(21)37-16-20(33)13-31-10-8-18(9-11-31)14-36-25-7-3-5-23-26(25)30-27(34)29-23/h2-7,12,18,20,28,33H,8-11,13-16H2,1H3,(H2,29,30,34). The molecule has 4 N–H and O–H groups in total. The first kappa shape index (κ1) is 24.9. The fourth-order valence-electron chi connectivity index (χ4n) is 4.80. The zero-order valence-electron chi connectivity index (χ0n) is 20.8. The minimum atomic E-state index is -0.620. The van der Waals surface area contributed by atoms with E-state index in [9.17, 15) is 14.7 Å². The number of carbonyl (C=O) groups excluding carboxylic acids is 1. The van der Waals surface area contributed by atoms with Crippen LogP contribution in [-0.2, 0) is 16.1 Å². The fourth-order valence-corrected chi connectivity index (χ4v) is 4.80. The molecule has 1 fully saturated rings. The monoisotopic (exact) mass is 508 g/mol. The molecule has 0 spiro atoms. The number of likely N-dealkylation sites (tertiary alicyclic amines) is 1. The molecule has 196 valence electrons. The lowest BCUT2D eigenvalue weighted by atomic mass is 9.97. The highest BCUT2D eigenvalue weighted by molar-refractivity contribution is 5.86. The summed E-state index contributed by atoms with van der Waals surface area (Å²) in [4.78, 5) is 33.7. The first-order chi connectivity index (χ1) is 17.9. The summed E-state index contributed by atoms with van der Waals surface area (Å²) >= 11 is 0. The van der Waals surface area contributed by atoms with Gasteiger partial charge in [0.15, 0.2) is 0 Å². The lowest BCUT2D eigenvalue weighted by molar-refractivity contribution is -0.142. The van der Waals surface area contributed by atoms with Crippen molar-refractivity contribution < 1.29 is 24.1 Å². The van der Waals surface area contributed by atoms with Gasteiger partial charge in [0.05, 0.1) is 17.8 Å². The number of aromatic nitrogens is 3. The van der Waals surface area contributed by atoms with Gasteiger partial charge in [-0.05, 0) is 62.2 Å². The molecule has 0 radical (unpaired) electrons. The number of aliphatic hydroxyl groups excluding tert-OH is 1. The number of hydrogen-bond donors (Lipinski definition) is 4. The van der Waals surface area contributed by atoms with Gasteiger partial charge in [-0.2, -0.15) is 0 Å². The Morgan fingerprint density at radius 3 is 2.59 bits per heavy atom. The van der Waals surface area contributed by atoms with Gasteiger partial charge in [-0.15, -0.1) is 0 Å². The number of rotatable bonds is 10. The Kier molecular flexibility index (Phi) is 7.47. The number of piperidine rings is 1. The second-order valence-corrected chi connectivity index (χ2v) is 9.57. The Bertz CT molecular complexity index is 1420. The molecule has 1 saturated heterocycles. The highest BCUT2D eigenvalue weighted by Gasteiger charge is 2.22. The van der Waals surface area contributed by atoms with E-state index in [1.165, 1.54) is 6.92 Å². The van der Waals surface area contributed by atoms with Gasteiger partial charge in [0.2, 0.25) is 0 Å². The molecule has 0 saturated carbocycles. The molecular formula is C27H32N4O6. The summed E-state index contributed by atoms with van der Waals surface area (Å²) in [6.07, 6.45) is 1.33. The lowest BCUT2D eigenvalue weighted by Crippen LogP contribution is -2.41. The lowest BCUT2D eigenvalue weighted by Gasteiger charge is -2.33. The molecule has 2 aromatic carbocycles. The van der Waals surface area contributed by atoms with Crippen LogP contribution in [0.1, 0.15) is 25.5 Å². The molecular weight excluding hydrogens is 476 g/mol.